The molecule has 0 spiro atoms. The molecule has 4 amide bonds. The van der Waals surface area contributed by atoms with Gasteiger partial charge in [-0.3, -0.25) is 24.1 Å². The van der Waals surface area contributed by atoms with E-state index >= 15 is 0 Å². The molecular formula is C34H26Cl2FIN2O6. The van der Waals surface area contributed by atoms with Crippen LogP contribution in [0.25, 0.3) is 0 Å². The van der Waals surface area contributed by atoms with Crippen LogP contribution < -0.4 is 14.5 Å². The second kappa shape index (κ2) is 11.1. The quantitative estimate of drug-likeness (QED) is 0.141. The van der Waals surface area contributed by atoms with Crippen LogP contribution in [0.5, 0.6) is 11.5 Å². The Morgan fingerprint density at radius 2 is 1.57 bits per heavy atom. The minimum absolute atomic E-state index is 0.0729. The number of nitrogens with zero attached hydrogens (tertiary/aromatic N) is 2. The zero-order chi connectivity index (χ0) is 32.7. The van der Waals surface area contributed by atoms with Gasteiger partial charge in [0.1, 0.15) is 5.82 Å². The lowest BCUT2D eigenvalue weighted by molar-refractivity contribution is -0.125. The van der Waals surface area contributed by atoms with Crippen molar-refractivity contribution in [3.8, 4) is 11.5 Å². The van der Waals surface area contributed by atoms with Crippen LogP contribution in [0.3, 0.4) is 0 Å². The van der Waals surface area contributed by atoms with Crippen molar-refractivity contribution in [1.82, 2.24) is 0 Å². The molecule has 1 saturated carbocycles. The number of carbonyl (C=O) groups excluding carboxylic acids is 4. The highest BCUT2D eigenvalue weighted by Gasteiger charge is 2.77. The highest BCUT2D eigenvalue weighted by atomic mass is 127. The molecule has 6 unspecified atom stereocenters. The molecule has 0 aromatic heterocycles. The number of amides is 4. The molecule has 12 heteroatoms. The maximum Gasteiger partial charge on any atom is 0.258 e. The molecule has 3 fully saturated rings. The standard InChI is InChI=1S/C34H26Cl2FIN2O6/c1-2-46-25-5-3-4-23(28(25)41)27-21-14-15-22-26(30(43)39(29(22)42)19-12-8-18(38)9-13-19)24(21)16-33(35)31(44)40(32(45)34(27,33)36)20-10-6-17(37)7-11-20/h3-14,22,24,26-27,41H,2,15-16H2,1H3. The van der Waals surface area contributed by atoms with E-state index in [0.717, 1.165) is 20.6 Å². The lowest BCUT2D eigenvalue weighted by atomic mass is 9.56. The first-order valence-corrected chi connectivity index (χ1v) is 16.6. The first-order chi connectivity index (χ1) is 21.9. The number of para-hydroxylation sites is 1. The zero-order valence-electron chi connectivity index (χ0n) is 24.3. The molecule has 8 nitrogen and oxygen atoms in total. The summed E-state index contributed by atoms with van der Waals surface area (Å²) in [6.45, 7) is 1.99. The van der Waals surface area contributed by atoms with Crippen LogP contribution in [0.15, 0.2) is 78.4 Å². The number of aromatic hydroxyl groups is 1. The third-order valence-electron chi connectivity index (χ3n) is 9.62. The van der Waals surface area contributed by atoms with E-state index in [9.17, 15) is 28.7 Å². The first kappa shape index (κ1) is 31.1. The Labute approximate surface area is 287 Å². The summed E-state index contributed by atoms with van der Waals surface area (Å²) in [5.41, 5.74) is 1.23. The van der Waals surface area contributed by atoms with E-state index in [2.05, 4.69) is 22.6 Å². The molecule has 3 aromatic rings. The molecule has 7 rings (SSSR count). The van der Waals surface area contributed by atoms with Gasteiger partial charge in [-0.05, 0) is 103 Å². The monoisotopic (exact) mass is 774 g/mol. The van der Waals surface area contributed by atoms with E-state index in [1.807, 2.05) is 0 Å². The third kappa shape index (κ3) is 4.22. The van der Waals surface area contributed by atoms with E-state index in [-0.39, 0.29) is 48.1 Å². The number of anilines is 2. The number of ether oxygens (including phenoxy) is 1. The molecule has 1 N–H and O–H groups in total. The minimum Gasteiger partial charge on any atom is -0.504 e. The van der Waals surface area contributed by atoms with E-state index in [0.29, 0.717) is 11.3 Å². The summed E-state index contributed by atoms with van der Waals surface area (Å²) < 4.78 is 20.4. The summed E-state index contributed by atoms with van der Waals surface area (Å²) in [5.74, 6) is -6.79. The van der Waals surface area contributed by atoms with Crippen LogP contribution in [0.2, 0.25) is 0 Å². The Morgan fingerprint density at radius 3 is 2.24 bits per heavy atom. The largest absolute Gasteiger partial charge is 0.504 e. The average Bonchev–Trinajstić information content (AvgIpc) is 3.37. The van der Waals surface area contributed by atoms with E-state index in [4.69, 9.17) is 27.9 Å². The Hall–Kier alpha value is -3.48. The highest BCUT2D eigenvalue weighted by molar-refractivity contribution is 14.1. The molecule has 0 bridgehead atoms. The van der Waals surface area contributed by atoms with Gasteiger partial charge in [0.2, 0.25) is 11.8 Å². The number of benzene rings is 3. The van der Waals surface area contributed by atoms with Gasteiger partial charge >= 0.3 is 0 Å². The fourth-order valence-corrected chi connectivity index (χ4v) is 8.92. The maximum atomic E-state index is 14.5. The summed E-state index contributed by atoms with van der Waals surface area (Å²) in [7, 11) is 0. The molecule has 3 aromatic carbocycles. The van der Waals surface area contributed by atoms with Gasteiger partial charge in [0.25, 0.3) is 11.8 Å². The van der Waals surface area contributed by atoms with Crippen molar-refractivity contribution >= 4 is 80.8 Å². The third-order valence-corrected chi connectivity index (χ3v) is 11.8. The van der Waals surface area contributed by atoms with Crippen molar-refractivity contribution in [1.29, 1.82) is 0 Å². The van der Waals surface area contributed by atoms with Crippen LogP contribution >= 0.6 is 45.8 Å². The van der Waals surface area contributed by atoms with Gasteiger partial charge in [-0.1, -0.05) is 23.8 Å². The van der Waals surface area contributed by atoms with E-state index in [1.165, 1.54) is 17.0 Å². The number of allylic oxidation sites excluding steroid dienone is 2. The molecule has 6 atom stereocenters. The van der Waals surface area contributed by atoms with Crippen molar-refractivity contribution < 1.29 is 33.4 Å². The molecule has 0 radical (unpaired) electrons. The number of carbonyl (C=O) groups is 4. The molecule has 2 heterocycles. The normalized spacial score (nSPS) is 30.2. The van der Waals surface area contributed by atoms with Crippen molar-refractivity contribution in [3.63, 3.8) is 0 Å². The first-order valence-electron chi connectivity index (χ1n) is 14.7. The fourth-order valence-electron chi connectivity index (χ4n) is 7.63. The lowest BCUT2D eigenvalue weighted by Gasteiger charge is -2.50. The van der Waals surface area contributed by atoms with Gasteiger partial charge in [0, 0.05) is 15.1 Å². The van der Waals surface area contributed by atoms with Crippen molar-refractivity contribution in [2.45, 2.75) is 35.4 Å². The predicted molar refractivity (Wildman–Crippen MR) is 178 cm³/mol. The van der Waals surface area contributed by atoms with Gasteiger partial charge in [0.15, 0.2) is 21.2 Å². The van der Waals surface area contributed by atoms with Crippen LogP contribution in [0.4, 0.5) is 15.8 Å². The van der Waals surface area contributed by atoms with Crippen LogP contribution in [-0.2, 0) is 19.2 Å². The number of fused-ring (bicyclic) bond motifs is 4. The Balaban J connectivity index is 1.41. The van der Waals surface area contributed by atoms with Crippen LogP contribution in [0.1, 0.15) is 31.2 Å². The Kier molecular flexibility index (Phi) is 7.48. The molecule has 2 aliphatic carbocycles. The summed E-state index contributed by atoms with van der Waals surface area (Å²) in [4.78, 5) is 54.6. The summed E-state index contributed by atoms with van der Waals surface area (Å²) >= 11 is 16.9. The number of hydrogen-bond donors (Lipinski definition) is 1. The van der Waals surface area contributed by atoms with Gasteiger partial charge in [-0.2, -0.15) is 0 Å². The minimum atomic E-state index is -2.17. The highest BCUT2D eigenvalue weighted by Crippen LogP contribution is 2.66. The average molecular weight is 775 g/mol. The van der Waals surface area contributed by atoms with E-state index in [1.54, 1.807) is 55.5 Å². The molecule has 46 heavy (non-hydrogen) atoms. The number of phenolic OH excluding ortho intramolecular Hbond substituents is 1. The number of rotatable bonds is 5. The number of imide groups is 2. The molecule has 2 saturated heterocycles. The molecule has 236 valence electrons. The second-order valence-electron chi connectivity index (χ2n) is 11.9. The number of phenols is 1. The van der Waals surface area contributed by atoms with Crippen LogP contribution in [0, 0.1) is 27.1 Å². The Morgan fingerprint density at radius 1 is 0.913 bits per heavy atom. The summed E-state index contributed by atoms with van der Waals surface area (Å²) in [6, 6.07) is 16.6. The van der Waals surface area contributed by atoms with Crippen LogP contribution in [-0.4, -0.2) is 45.1 Å². The smallest absolute Gasteiger partial charge is 0.258 e. The fraction of sp³-hybridized carbons (Fsp3) is 0.294. The molecule has 2 aliphatic heterocycles. The van der Waals surface area contributed by atoms with Gasteiger partial charge < -0.3 is 9.84 Å². The maximum absolute atomic E-state index is 14.5. The summed E-state index contributed by atoms with van der Waals surface area (Å²) in [6.07, 6.45) is 1.75. The predicted octanol–water partition coefficient (Wildman–Crippen LogP) is 6.30. The van der Waals surface area contributed by atoms with Crippen molar-refractivity contribution in [2.75, 3.05) is 16.4 Å². The molecule has 4 aliphatic rings. The SMILES string of the molecule is CCOc1cccc(C2C3=CCC4C(=O)N(c5ccc(I)cc5)C(=O)C4C3CC3(Cl)C(=O)N(c4ccc(F)cc4)C(=O)C23Cl)c1O. The number of halogens is 4. The Bertz CT molecular complexity index is 1850. The molecular weight excluding hydrogens is 749 g/mol. The van der Waals surface area contributed by atoms with Crippen molar-refractivity contribution in [3.05, 3.63) is 93.3 Å². The summed E-state index contributed by atoms with van der Waals surface area (Å²) in [5, 5.41) is 11.5. The topological polar surface area (TPSA) is 104 Å². The second-order valence-corrected chi connectivity index (χ2v) is 14.4. The van der Waals surface area contributed by atoms with Gasteiger partial charge in [0.05, 0.1) is 29.8 Å². The van der Waals surface area contributed by atoms with Gasteiger partial charge in [-0.15, -0.1) is 23.2 Å². The number of alkyl halides is 2. The number of hydrogen-bond acceptors (Lipinski definition) is 6. The van der Waals surface area contributed by atoms with E-state index < -0.39 is 57.0 Å². The van der Waals surface area contributed by atoms with Crippen molar-refractivity contribution in [2.24, 2.45) is 17.8 Å². The lowest BCUT2D eigenvalue weighted by Crippen LogP contribution is -2.60. The zero-order valence-corrected chi connectivity index (χ0v) is 27.9. The van der Waals surface area contributed by atoms with Gasteiger partial charge in [-0.25, -0.2) is 9.29 Å².